The Labute approximate surface area is 105 Å². The molecule has 2 aromatic rings. The molecule has 3 rings (SSSR count). The van der Waals surface area contributed by atoms with Crippen LogP contribution in [0, 0.1) is 0 Å². The van der Waals surface area contributed by atoms with E-state index in [9.17, 15) is 4.79 Å². The Kier molecular flexibility index (Phi) is 2.59. The third-order valence-electron chi connectivity index (χ3n) is 3.60. The zero-order valence-electron chi connectivity index (χ0n) is 10.0. The van der Waals surface area contributed by atoms with Crippen LogP contribution in [0.4, 0.5) is 0 Å². The average molecular weight is 244 g/mol. The summed E-state index contributed by atoms with van der Waals surface area (Å²) in [4.78, 5) is 14.0. The Morgan fingerprint density at radius 1 is 1.50 bits per heavy atom. The van der Waals surface area contributed by atoms with Gasteiger partial charge in [-0.05, 0) is 36.0 Å². The van der Waals surface area contributed by atoms with E-state index in [1.54, 1.807) is 0 Å². The fourth-order valence-electron chi connectivity index (χ4n) is 2.37. The SMILES string of the molecule is N[C@@H](Cc1c[nH]c2cc(C3CC3)ccc12)C(=O)O. The van der Waals surface area contributed by atoms with Gasteiger partial charge in [-0.25, -0.2) is 0 Å². The number of aliphatic carboxylic acids is 1. The monoisotopic (exact) mass is 244 g/mol. The van der Waals surface area contributed by atoms with Crippen molar-refractivity contribution in [2.24, 2.45) is 5.73 Å². The highest BCUT2D eigenvalue weighted by Crippen LogP contribution is 2.41. The van der Waals surface area contributed by atoms with Crippen molar-refractivity contribution in [3.05, 3.63) is 35.5 Å². The van der Waals surface area contributed by atoms with E-state index in [1.165, 1.54) is 18.4 Å². The van der Waals surface area contributed by atoms with Crippen molar-refractivity contribution in [1.29, 1.82) is 0 Å². The third-order valence-corrected chi connectivity index (χ3v) is 3.60. The van der Waals surface area contributed by atoms with Gasteiger partial charge < -0.3 is 15.8 Å². The summed E-state index contributed by atoms with van der Waals surface area (Å²) in [5, 5.41) is 9.92. The molecule has 1 aromatic carbocycles. The third kappa shape index (κ3) is 1.99. The summed E-state index contributed by atoms with van der Waals surface area (Å²) >= 11 is 0. The van der Waals surface area contributed by atoms with Crippen molar-refractivity contribution in [2.75, 3.05) is 0 Å². The first-order valence-corrected chi connectivity index (χ1v) is 6.23. The number of nitrogens with one attached hydrogen (secondary N) is 1. The normalized spacial score (nSPS) is 16.9. The van der Waals surface area contributed by atoms with Crippen molar-refractivity contribution < 1.29 is 9.90 Å². The van der Waals surface area contributed by atoms with Crippen molar-refractivity contribution in [3.63, 3.8) is 0 Å². The number of hydrogen-bond acceptors (Lipinski definition) is 2. The van der Waals surface area contributed by atoms with E-state index in [1.807, 2.05) is 6.20 Å². The molecule has 1 aromatic heterocycles. The van der Waals surface area contributed by atoms with Gasteiger partial charge in [0.2, 0.25) is 0 Å². The quantitative estimate of drug-likeness (QED) is 0.769. The number of fused-ring (bicyclic) bond motifs is 1. The molecule has 0 bridgehead atoms. The molecule has 4 N–H and O–H groups in total. The van der Waals surface area contributed by atoms with Gasteiger partial charge in [0.05, 0.1) is 0 Å². The van der Waals surface area contributed by atoms with Crippen LogP contribution in [0.15, 0.2) is 24.4 Å². The second-order valence-electron chi connectivity index (χ2n) is 5.04. The Hall–Kier alpha value is -1.81. The fraction of sp³-hybridized carbons (Fsp3) is 0.357. The van der Waals surface area contributed by atoms with E-state index >= 15 is 0 Å². The molecule has 1 aliphatic carbocycles. The standard InChI is InChI=1S/C14H16N2O2/c15-12(14(17)18)5-10-7-16-13-6-9(8-1-2-8)3-4-11(10)13/h3-4,6-8,12,16H,1-2,5,15H2,(H,17,18)/t12-/m0/s1. The van der Waals surface area contributed by atoms with Gasteiger partial charge in [-0.15, -0.1) is 0 Å². The summed E-state index contributed by atoms with van der Waals surface area (Å²) in [7, 11) is 0. The van der Waals surface area contributed by atoms with Gasteiger partial charge in [0.25, 0.3) is 0 Å². The zero-order valence-corrected chi connectivity index (χ0v) is 10.0. The van der Waals surface area contributed by atoms with E-state index in [-0.39, 0.29) is 0 Å². The lowest BCUT2D eigenvalue weighted by atomic mass is 10.0. The molecule has 0 aliphatic heterocycles. The molecule has 4 heteroatoms. The zero-order chi connectivity index (χ0) is 12.7. The summed E-state index contributed by atoms with van der Waals surface area (Å²) in [5.74, 6) is -0.235. The van der Waals surface area contributed by atoms with Crippen LogP contribution in [0.5, 0.6) is 0 Å². The van der Waals surface area contributed by atoms with Gasteiger partial charge >= 0.3 is 5.97 Å². The summed E-state index contributed by atoms with van der Waals surface area (Å²) < 4.78 is 0. The average Bonchev–Trinajstić information content (AvgIpc) is 3.13. The molecule has 1 aliphatic rings. The van der Waals surface area contributed by atoms with Gasteiger partial charge in [0.1, 0.15) is 6.04 Å². The highest BCUT2D eigenvalue weighted by atomic mass is 16.4. The highest BCUT2D eigenvalue weighted by molar-refractivity contribution is 5.85. The van der Waals surface area contributed by atoms with Gasteiger partial charge in [-0.2, -0.15) is 0 Å². The number of aromatic nitrogens is 1. The number of carbonyl (C=O) groups is 1. The maximum absolute atomic E-state index is 10.8. The van der Waals surface area contributed by atoms with Crippen molar-refractivity contribution in [2.45, 2.75) is 31.2 Å². The molecule has 1 saturated carbocycles. The van der Waals surface area contributed by atoms with Crippen molar-refractivity contribution in [3.8, 4) is 0 Å². The first kappa shape index (κ1) is 11.3. The number of H-pyrrole nitrogens is 1. The van der Waals surface area contributed by atoms with Crippen LogP contribution in [-0.4, -0.2) is 22.1 Å². The Bertz CT molecular complexity index is 599. The predicted molar refractivity (Wildman–Crippen MR) is 69.6 cm³/mol. The second kappa shape index (κ2) is 4.14. The summed E-state index contributed by atoms with van der Waals surface area (Å²) in [6.45, 7) is 0. The number of carboxylic acids is 1. The van der Waals surface area contributed by atoms with E-state index in [0.29, 0.717) is 6.42 Å². The molecule has 0 radical (unpaired) electrons. The smallest absolute Gasteiger partial charge is 0.320 e. The molecule has 0 saturated heterocycles. The van der Waals surface area contributed by atoms with Gasteiger partial charge in [-0.1, -0.05) is 12.1 Å². The minimum Gasteiger partial charge on any atom is -0.480 e. The molecule has 0 amide bonds. The predicted octanol–water partition coefficient (Wildman–Crippen LogP) is 2.00. The van der Waals surface area contributed by atoms with Crippen LogP contribution in [-0.2, 0) is 11.2 Å². The molecule has 1 heterocycles. The number of nitrogens with two attached hydrogens (primary N) is 1. The molecular formula is C14H16N2O2. The van der Waals surface area contributed by atoms with E-state index in [2.05, 4.69) is 23.2 Å². The number of hydrogen-bond donors (Lipinski definition) is 3. The minimum atomic E-state index is -0.959. The first-order chi connectivity index (χ1) is 8.65. The first-order valence-electron chi connectivity index (χ1n) is 6.23. The molecular weight excluding hydrogens is 228 g/mol. The molecule has 0 unspecified atom stereocenters. The molecule has 18 heavy (non-hydrogen) atoms. The molecule has 1 fully saturated rings. The number of carboxylic acid groups (broad SMARTS) is 1. The lowest BCUT2D eigenvalue weighted by Crippen LogP contribution is -2.32. The van der Waals surface area contributed by atoms with Crippen LogP contribution in [0.1, 0.15) is 29.9 Å². The molecule has 1 atom stereocenters. The van der Waals surface area contributed by atoms with E-state index in [4.69, 9.17) is 10.8 Å². The summed E-state index contributed by atoms with van der Waals surface area (Å²) in [6.07, 6.45) is 4.79. The minimum absolute atomic E-state index is 0.359. The van der Waals surface area contributed by atoms with Crippen molar-refractivity contribution >= 4 is 16.9 Å². The van der Waals surface area contributed by atoms with Gasteiger partial charge in [-0.3, -0.25) is 4.79 Å². The fourth-order valence-corrected chi connectivity index (χ4v) is 2.37. The van der Waals surface area contributed by atoms with E-state index in [0.717, 1.165) is 22.4 Å². The molecule has 0 spiro atoms. The Morgan fingerprint density at radius 3 is 2.94 bits per heavy atom. The van der Waals surface area contributed by atoms with Crippen LogP contribution in [0.3, 0.4) is 0 Å². The van der Waals surface area contributed by atoms with Crippen LogP contribution in [0.25, 0.3) is 10.9 Å². The Morgan fingerprint density at radius 2 is 2.28 bits per heavy atom. The van der Waals surface area contributed by atoms with Crippen LogP contribution < -0.4 is 5.73 Å². The lowest BCUT2D eigenvalue weighted by Gasteiger charge is -2.05. The largest absolute Gasteiger partial charge is 0.480 e. The topological polar surface area (TPSA) is 79.1 Å². The highest BCUT2D eigenvalue weighted by Gasteiger charge is 2.24. The summed E-state index contributed by atoms with van der Waals surface area (Å²) in [6, 6.07) is 5.54. The number of aromatic amines is 1. The van der Waals surface area contributed by atoms with E-state index < -0.39 is 12.0 Å². The summed E-state index contributed by atoms with van der Waals surface area (Å²) in [5.41, 5.74) is 9.00. The van der Waals surface area contributed by atoms with Crippen LogP contribution >= 0.6 is 0 Å². The van der Waals surface area contributed by atoms with Crippen molar-refractivity contribution in [1.82, 2.24) is 4.98 Å². The van der Waals surface area contributed by atoms with Gasteiger partial charge in [0.15, 0.2) is 0 Å². The van der Waals surface area contributed by atoms with Gasteiger partial charge in [0, 0.05) is 23.5 Å². The number of benzene rings is 1. The lowest BCUT2D eigenvalue weighted by molar-refractivity contribution is -0.138. The molecule has 4 nitrogen and oxygen atoms in total. The Balaban J connectivity index is 1.91. The van der Waals surface area contributed by atoms with Crippen LogP contribution in [0.2, 0.25) is 0 Å². The maximum Gasteiger partial charge on any atom is 0.320 e. The second-order valence-corrected chi connectivity index (χ2v) is 5.04. The number of rotatable bonds is 4. The molecule has 94 valence electrons. The maximum atomic E-state index is 10.8.